The Kier molecular flexibility index (Phi) is 3.74. The maximum atomic E-state index is 5.17. The molecule has 0 radical (unpaired) electrons. The molecule has 0 unspecified atom stereocenters. The number of rotatable bonds is 4. The summed E-state index contributed by atoms with van der Waals surface area (Å²) < 4.78 is 5.17. The summed E-state index contributed by atoms with van der Waals surface area (Å²) in [7, 11) is 1.67. The highest BCUT2D eigenvalue weighted by Gasteiger charge is 2.03. The topological polar surface area (TPSA) is 22.1 Å². The number of nitrogens with zero attached hydrogens (tertiary/aromatic N) is 1. The van der Waals surface area contributed by atoms with Crippen molar-refractivity contribution in [1.29, 1.82) is 0 Å². The van der Waals surface area contributed by atoms with Crippen LogP contribution in [-0.4, -0.2) is 12.1 Å². The van der Waals surface area contributed by atoms with Gasteiger partial charge in [0.05, 0.1) is 7.11 Å². The molecule has 72 valence electrons. The third kappa shape index (κ3) is 3.05. The monoisotopic (exact) mass is 179 g/mol. The molecule has 0 amide bonds. The van der Waals surface area contributed by atoms with Crippen LogP contribution in [0.1, 0.15) is 25.8 Å². The molecule has 2 heteroatoms. The molecule has 0 aliphatic carbocycles. The van der Waals surface area contributed by atoms with E-state index in [1.165, 1.54) is 12.0 Å². The van der Waals surface area contributed by atoms with Crippen molar-refractivity contribution in [3.8, 4) is 5.88 Å². The third-order valence-corrected chi connectivity index (χ3v) is 2.03. The van der Waals surface area contributed by atoms with Gasteiger partial charge >= 0.3 is 0 Å². The largest absolute Gasteiger partial charge is 0.481 e. The Morgan fingerprint density at radius 3 is 2.85 bits per heavy atom. The quantitative estimate of drug-likeness (QED) is 0.709. The standard InChI is InChI=1S/C11H17NO/c1-9(2)6-7-10-5-4-8-12-11(10)13-3/h4-5,8-9H,6-7H2,1-3H3. The summed E-state index contributed by atoms with van der Waals surface area (Å²) in [5, 5.41) is 0. The van der Waals surface area contributed by atoms with Crippen LogP contribution in [0.2, 0.25) is 0 Å². The molecule has 1 rings (SSSR count). The van der Waals surface area contributed by atoms with E-state index in [1.54, 1.807) is 13.3 Å². The van der Waals surface area contributed by atoms with Crippen LogP contribution in [0.4, 0.5) is 0 Å². The molecule has 0 saturated carbocycles. The van der Waals surface area contributed by atoms with E-state index in [-0.39, 0.29) is 0 Å². The molecule has 1 aromatic heterocycles. The summed E-state index contributed by atoms with van der Waals surface area (Å²) in [5.74, 6) is 1.49. The molecular weight excluding hydrogens is 162 g/mol. The fraction of sp³-hybridized carbons (Fsp3) is 0.545. The Morgan fingerprint density at radius 2 is 2.23 bits per heavy atom. The minimum atomic E-state index is 0.727. The van der Waals surface area contributed by atoms with Crippen LogP contribution in [0.15, 0.2) is 18.3 Å². The first-order valence-corrected chi connectivity index (χ1v) is 4.72. The first kappa shape index (κ1) is 10.0. The smallest absolute Gasteiger partial charge is 0.216 e. The molecule has 13 heavy (non-hydrogen) atoms. The molecule has 0 aromatic carbocycles. The Bertz CT molecular complexity index is 258. The predicted molar refractivity (Wildman–Crippen MR) is 53.9 cm³/mol. The van der Waals surface area contributed by atoms with Gasteiger partial charge in [-0.1, -0.05) is 19.9 Å². The van der Waals surface area contributed by atoms with Crippen molar-refractivity contribution >= 4 is 0 Å². The SMILES string of the molecule is COc1ncccc1CCC(C)C. The number of hydrogen-bond acceptors (Lipinski definition) is 2. The molecule has 1 aromatic rings. The summed E-state index contributed by atoms with van der Waals surface area (Å²) >= 11 is 0. The molecule has 0 spiro atoms. The fourth-order valence-electron chi connectivity index (χ4n) is 1.24. The Labute approximate surface area is 80.0 Å². The molecule has 1 heterocycles. The van der Waals surface area contributed by atoms with Crippen LogP contribution >= 0.6 is 0 Å². The number of aromatic nitrogens is 1. The van der Waals surface area contributed by atoms with Crippen molar-refractivity contribution in [1.82, 2.24) is 4.98 Å². The zero-order valence-electron chi connectivity index (χ0n) is 8.58. The van der Waals surface area contributed by atoms with Gasteiger partial charge < -0.3 is 4.74 Å². The Balaban J connectivity index is 2.64. The van der Waals surface area contributed by atoms with E-state index in [2.05, 4.69) is 24.9 Å². The van der Waals surface area contributed by atoms with Gasteiger partial charge in [0.25, 0.3) is 0 Å². The van der Waals surface area contributed by atoms with Crippen LogP contribution in [0.3, 0.4) is 0 Å². The van der Waals surface area contributed by atoms with E-state index in [9.17, 15) is 0 Å². The second-order valence-electron chi connectivity index (χ2n) is 3.60. The summed E-state index contributed by atoms with van der Waals surface area (Å²) in [6.07, 6.45) is 3.99. The van der Waals surface area contributed by atoms with Gasteiger partial charge in [-0.3, -0.25) is 0 Å². The molecule has 0 fully saturated rings. The van der Waals surface area contributed by atoms with E-state index >= 15 is 0 Å². The van der Waals surface area contributed by atoms with Crippen molar-refractivity contribution in [3.63, 3.8) is 0 Å². The van der Waals surface area contributed by atoms with Crippen LogP contribution in [0.25, 0.3) is 0 Å². The zero-order valence-corrected chi connectivity index (χ0v) is 8.58. The minimum Gasteiger partial charge on any atom is -0.481 e. The van der Waals surface area contributed by atoms with Crippen LogP contribution in [0.5, 0.6) is 5.88 Å². The van der Waals surface area contributed by atoms with Gasteiger partial charge in [0.1, 0.15) is 0 Å². The van der Waals surface area contributed by atoms with Crippen molar-refractivity contribution in [2.24, 2.45) is 5.92 Å². The molecule has 0 atom stereocenters. The molecule has 0 aliphatic heterocycles. The van der Waals surface area contributed by atoms with Gasteiger partial charge in [0.15, 0.2) is 0 Å². The molecule has 0 saturated heterocycles. The first-order chi connectivity index (χ1) is 6.24. The number of methoxy groups -OCH3 is 1. The Hall–Kier alpha value is -1.05. The van der Waals surface area contributed by atoms with Crippen molar-refractivity contribution < 1.29 is 4.74 Å². The average Bonchev–Trinajstić information content (AvgIpc) is 2.15. The number of ether oxygens (including phenoxy) is 1. The normalized spacial score (nSPS) is 10.5. The summed E-state index contributed by atoms with van der Waals surface area (Å²) in [5.41, 5.74) is 1.21. The van der Waals surface area contributed by atoms with E-state index in [0.29, 0.717) is 0 Å². The van der Waals surface area contributed by atoms with Gasteiger partial charge in [0, 0.05) is 11.8 Å². The van der Waals surface area contributed by atoms with Crippen LogP contribution in [-0.2, 0) is 6.42 Å². The van der Waals surface area contributed by atoms with Gasteiger partial charge in [-0.2, -0.15) is 0 Å². The Morgan fingerprint density at radius 1 is 1.46 bits per heavy atom. The fourth-order valence-corrected chi connectivity index (χ4v) is 1.24. The maximum Gasteiger partial charge on any atom is 0.216 e. The number of hydrogen-bond donors (Lipinski definition) is 0. The maximum absolute atomic E-state index is 5.17. The van der Waals surface area contributed by atoms with Crippen molar-refractivity contribution in [2.45, 2.75) is 26.7 Å². The molecule has 0 bridgehead atoms. The molecule has 0 aliphatic rings. The lowest BCUT2D eigenvalue weighted by Crippen LogP contribution is -1.97. The van der Waals surface area contributed by atoms with Crippen LogP contribution in [0, 0.1) is 5.92 Å². The zero-order chi connectivity index (χ0) is 9.68. The van der Waals surface area contributed by atoms with E-state index < -0.39 is 0 Å². The number of pyridine rings is 1. The van der Waals surface area contributed by atoms with E-state index in [1.807, 2.05) is 6.07 Å². The summed E-state index contributed by atoms with van der Waals surface area (Å²) in [4.78, 5) is 4.15. The third-order valence-electron chi connectivity index (χ3n) is 2.03. The lowest BCUT2D eigenvalue weighted by Gasteiger charge is -2.07. The molecular formula is C11H17NO. The highest BCUT2D eigenvalue weighted by atomic mass is 16.5. The van der Waals surface area contributed by atoms with Gasteiger partial charge in [-0.15, -0.1) is 0 Å². The van der Waals surface area contributed by atoms with Gasteiger partial charge in [0.2, 0.25) is 5.88 Å². The summed E-state index contributed by atoms with van der Waals surface area (Å²) in [6.45, 7) is 4.45. The lowest BCUT2D eigenvalue weighted by molar-refractivity contribution is 0.390. The summed E-state index contributed by atoms with van der Waals surface area (Å²) in [6, 6.07) is 4.03. The average molecular weight is 179 g/mol. The number of aryl methyl sites for hydroxylation is 1. The van der Waals surface area contributed by atoms with Gasteiger partial charge in [-0.25, -0.2) is 4.98 Å². The predicted octanol–water partition coefficient (Wildman–Crippen LogP) is 2.68. The molecule has 0 N–H and O–H groups in total. The van der Waals surface area contributed by atoms with Gasteiger partial charge in [-0.05, 0) is 24.8 Å². The molecule has 2 nitrogen and oxygen atoms in total. The van der Waals surface area contributed by atoms with Crippen LogP contribution < -0.4 is 4.74 Å². The lowest BCUT2D eigenvalue weighted by atomic mass is 10.0. The van der Waals surface area contributed by atoms with E-state index in [0.717, 1.165) is 18.2 Å². The van der Waals surface area contributed by atoms with Crippen molar-refractivity contribution in [3.05, 3.63) is 23.9 Å². The second-order valence-corrected chi connectivity index (χ2v) is 3.60. The highest BCUT2D eigenvalue weighted by Crippen LogP contribution is 2.17. The van der Waals surface area contributed by atoms with Crippen molar-refractivity contribution in [2.75, 3.05) is 7.11 Å². The van der Waals surface area contributed by atoms with E-state index in [4.69, 9.17) is 4.74 Å². The second kappa shape index (κ2) is 4.85. The highest BCUT2D eigenvalue weighted by molar-refractivity contribution is 5.25. The minimum absolute atomic E-state index is 0.727. The first-order valence-electron chi connectivity index (χ1n) is 4.72.